The molecule has 1 fully saturated rings. The van der Waals surface area contributed by atoms with Crippen LogP contribution in [0.5, 0.6) is 0 Å². The summed E-state index contributed by atoms with van der Waals surface area (Å²) in [5.74, 6) is 0.690. The molecule has 0 aromatic heterocycles. The van der Waals surface area contributed by atoms with Crippen molar-refractivity contribution >= 4 is 15.6 Å². The minimum Gasteiger partial charge on any atom is -0.321 e. The van der Waals surface area contributed by atoms with E-state index in [4.69, 9.17) is 5.73 Å². The highest BCUT2D eigenvalue weighted by Crippen LogP contribution is 2.29. The first kappa shape index (κ1) is 14.6. The number of hydrogen-bond donors (Lipinski definition) is 1. The highest BCUT2D eigenvalue weighted by atomic mass is 32.2. The summed E-state index contributed by atoms with van der Waals surface area (Å²) >= 11 is 0. The van der Waals surface area contributed by atoms with Crippen LogP contribution < -0.4 is 5.73 Å². The maximum Gasteiger partial charge on any atom is 0.152 e. The smallest absolute Gasteiger partial charge is 0.152 e. The lowest BCUT2D eigenvalue weighted by atomic mass is 9.78. The van der Waals surface area contributed by atoms with Crippen molar-refractivity contribution in [1.82, 2.24) is 0 Å². The third-order valence-corrected chi connectivity index (χ3v) is 4.48. The van der Waals surface area contributed by atoms with Crippen LogP contribution >= 0.6 is 0 Å². The maximum atomic E-state index is 12.0. The van der Waals surface area contributed by atoms with E-state index in [9.17, 15) is 13.2 Å². The Hall–Kier alpha value is -0.420. The summed E-state index contributed by atoms with van der Waals surface area (Å²) in [6.07, 6.45) is 5.51. The number of ketones is 1. The van der Waals surface area contributed by atoms with Crippen molar-refractivity contribution in [2.24, 2.45) is 17.6 Å². The van der Waals surface area contributed by atoms with Crippen molar-refractivity contribution in [3.05, 3.63) is 0 Å². The quantitative estimate of drug-likeness (QED) is 0.805. The molecule has 0 aromatic carbocycles. The summed E-state index contributed by atoms with van der Waals surface area (Å²) in [4.78, 5) is 12.0. The van der Waals surface area contributed by atoms with Gasteiger partial charge >= 0.3 is 0 Å². The van der Waals surface area contributed by atoms with Gasteiger partial charge in [0.1, 0.15) is 9.84 Å². The summed E-state index contributed by atoms with van der Waals surface area (Å²) in [5, 5.41) is 0. The fourth-order valence-corrected chi connectivity index (χ4v) is 3.16. The van der Waals surface area contributed by atoms with E-state index in [1.165, 1.54) is 12.7 Å². The van der Waals surface area contributed by atoms with E-state index in [-0.39, 0.29) is 23.9 Å². The fourth-order valence-electron chi connectivity index (χ4n) is 2.48. The van der Waals surface area contributed by atoms with E-state index in [2.05, 4.69) is 6.92 Å². The molecule has 0 spiro atoms. The molecule has 0 aromatic rings. The van der Waals surface area contributed by atoms with Crippen LogP contribution in [0.1, 0.15) is 39.0 Å². The van der Waals surface area contributed by atoms with E-state index >= 15 is 0 Å². The summed E-state index contributed by atoms with van der Waals surface area (Å²) in [5.41, 5.74) is 5.79. The number of nitrogens with two attached hydrogens (primary N) is 1. The van der Waals surface area contributed by atoms with E-state index in [1.807, 2.05) is 0 Å². The second kappa shape index (κ2) is 5.96. The first-order valence-electron chi connectivity index (χ1n) is 6.26. The number of carbonyl (C=O) groups excluding carboxylic acids is 1. The SMILES string of the molecule is CC1CCCC(C(=O)C(N)CCS(C)(=O)=O)C1. The molecule has 17 heavy (non-hydrogen) atoms. The summed E-state index contributed by atoms with van der Waals surface area (Å²) in [6, 6.07) is -0.611. The third-order valence-electron chi connectivity index (χ3n) is 3.50. The van der Waals surface area contributed by atoms with Crippen molar-refractivity contribution in [2.75, 3.05) is 12.0 Å². The van der Waals surface area contributed by atoms with Gasteiger partial charge in [0.15, 0.2) is 5.78 Å². The van der Waals surface area contributed by atoms with Gasteiger partial charge in [0.05, 0.1) is 11.8 Å². The molecule has 1 aliphatic rings. The first-order chi connectivity index (χ1) is 7.79. The Morgan fingerprint density at radius 1 is 1.41 bits per heavy atom. The van der Waals surface area contributed by atoms with Crippen LogP contribution in [0.25, 0.3) is 0 Å². The normalized spacial score (nSPS) is 27.7. The Bertz CT molecular complexity index is 364. The number of Topliss-reactive ketones (excluding diaryl/α,β-unsaturated/α-hetero) is 1. The molecule has 0 bridgehead atoms. The minimum atomic E-state index is -3.03. The molecule has 0 heterocycles. The van der Waals surface area contributed by atoms with Crippen LogP contribution in [0.4, 0.5) is 0 Å². The molecule has 0 aliphatic heterocycles. The lowest BCUT2D eigenvalue weighted by molar-refractivity contribution is -0.125. The van der Waals surface area contributed by atoms with Crippen LogP contribution in [0.15, 0.2) is 0 Å². The minimum absolute atomic E-state index is 0.00216. The van der Waals surface area contributed by atoms with Crippen molar-refractivity contribution < 1.29 is 13.2 Å². The Morgan fingerprint density at radius 3 is 2.59 bits per heavy atom. The van der Waals surface area contributed by atoms with Gasteiger partial charge in [-0.05, 0) is 25.2 Å². The largest absolute Gasteiger partial charge is 0.321 e. The van der Waals surface area contributed by atoms with E-state index in [0.717, 1.165) is 19.3 Å². The Labute approximate surface area is 104 Å². The van der Waals surface area contributed by atoms with E-state index < -0.39 is 15.9 Å². The van der Waals surface area contributed by atoms with Gasteiger partial charge in [-0.15, -0.1) is 0 Å². The number of carbonyl (C=O) groups is 1. The van der Waals surface area contributed by atoms with Crippen molar-refractivity contribution in [3.8, 4) is 0 Å². The number of hydrogen-bond acceptors (Lipinski definition) is 4. The molecule has 4 nitrogen and oxygen atoms in total. The fraction of sp³-hybridized carbons (Fsp3) is 0.917. The van der Waals surface area contributed by atoms with Crippen molar-refractivity contribution in [3.63, 3.8) is 0 Å². The predicted molar refractivity (Wildman–Crippen MR) is 68.4 cm³/mol. The first-order valence-corrected chi connectivity index (χ1v) is 8.32. The van der Waals surface area contributed by atoms with Crippen molar-refractivity contribution in [2.45, 2.75) is 45.1 Å². The monoisotopic (exact) mass is 261 g/mol. The van der Waals surface area contributed by atoms with Crippen LogP contribution in [-0.4, -0.2) is 32.3 Å². The van der Waals surface area contributed by atoms with Gasteiger partial charge in [-0.1, -0.05) is 19.8 Å². The maximum absolute atomic E-state index is 12.0. The molecule has 0 amide bonds. The zero-order chi connectivity index (χ0) is 13.1. The topological polar surface area (TPSA) is 77.2 Å². The molecule has 3 unspecified atom stereocenters. The van der Waals surface area contributed by atoms with Gasteiger partial charge in [0.25, 0.3) is 0 Å². The van der Waals surface area contributed by atoms with Gasteiger partial charge in [-0.2, -0.15) is 0 Å². The Morgan fingerprint density at radius 2 is 2.06 bits per heavy atom. The van der Waals surface area contributed by atoms with Gasteiger partial charge in [-0.25, -0.2) is 8.42 Å². The highest BCUT2D eigenvalue weighted by molar-refractivity contribution is 7.90. The molecular formula is C12H23NO3S. The Kier molecular flexibility index (Phi) is 5.13. The van der Waals surface area contributed by atoms with Gasteiger partial charge in [0, 0.05) is 12.2 Å². The zero-order valence-electron chi connectivity index (χ0n) is 10.7. The zero-order valence-corrected chi connectivity index (χ0v) is 11.5. The standard InChI is InChI=1S/C12H23NO3S/c1-9-4-3-5-10(8-9)12(14)11(13)6-7-17(2,15)16/h9-11H,3-8,13H2,1-2H3. The third kappa shape index (κ3) is 5.17. The lowest BCUT2D eigenvalue weighted by Gasteiger charge is -2.27. The second-order valence-corrected chi connectivity index (χ2v) is 7.66. The highest BCUT2D eigenvalue weighted by Gasteiger charge is 2.28. The molecule has 1 saturated carbocycles. The van der Waals surface area contributed by atoms with Gasteiger partial charge < -0.3 is 5.73 Å². The average molecular weight is 261 g/mol. The van der Waals surface area contributed by atoms with Crippen LogP contribution in [0.2, 0.25) is 0 Å². The summed E-state index contributed by atoms with van der Waals surface area (Å²) in [7, 11) is -3.03. The molecule has 0 saturated heterocycles. The van der Waals surface area contributed by atoms with Crippen LogP contribution in [-0.2, 0) is 14.6 Å². The van der Waals surface area contributed by atoms with E-state index in [1.54, 1.807) is 0 Å². The van der Waals surface area contributed by atoms with E-state index in [0.29, 0.717) is 5.92 Å². The van der Waals surface area contributed by atoms with Crippen LogP contribution in [0, 0.1) is 11.8 Å². The molecule has 100 valence electrons. The average Bonchev–Trinajstić information content (AvgIpc) is 2.24. The van der Waals surface area contributed by atoms with Gasteiger partial charge in [-0.3, -0.25) is 4.79 Å². The molecule has 3 atom stereocenters. The Balaban J connectivity index is 2.45. The molecular weight excluding hydrogens is 238 g/mol. The number of rotatable bonds is 5. The van der Waals surface area contributed by atoms with Gasteiger partial charge in [0.2, 0.25) is 0 Å². The molecule has 1 rings (SSSR count). The molecule has 1 aliphatic carbocycles. The van der Waals surface area contributed by atoms with Crippen LogP contribution in [0.3, 0.4) is 0 Å². The molecule has 2 N–H and O–H groups in total. The second-order valence-electron chi connectivity index (χ2n) is 5.40. The summed E-state index contributed by atoms with van der Waals surface area (Å²) < 4.78 is 22.0. The number of sulfone groups is 1. The van der Waals surface area contributed by atoms with Crippen molar-refractivity contribution in [1.29, 1.82) is 0 Å². The summed E-state index contributed by atoms with van der Waals surface area (Å²) in [6.45, 7) is 2.15. The molecule has 0 radical (unpaired) electrons. The molecule has 5 heteroatoms. The predicted octanol–water partition coefficient (Wildman–Crippen LogP) is 1.14. The lowest BCUT2D eigenvalue weighted by Crippen LogP contribution is -2.38.